The van der Waals surface area contributed by atoms with Crippen LogP contribution in [0.15, 0.2) is 60.7 Å². The van der Waals surface area contributed by atoms with Gasteiger partial charge in [0, 0.05) is 31.3 Å². The number of carboxylic acids is 1. The first-order valence-corrected chi connectivity index (χ1v) is 14.3. The molecule has 2 N–H and O–H groups in total. The number of methoxy groups -OCH3 is 1. The van der Waals surface area contributed by atoms with Gasteiger partial charge in [-0.25, -0.2) is 0 Å². The van der Waals surface area contributed by atoms with E-state index in [1.807, 2.05) is 65.6 Å². The van der Waals surface area contributed by atoms with E-state index in [1.165, 1.54) is 0 Å². The molecule has 2 aliphatic rings. The Morgan fingerprint density at radius 3 is 2.32 bits per heavy atom. The molecule has 8 nitrogen and oxygen atoms in total. The smallest absolute Gasteiger partial charge is 0.309 e. The summed E-state index contributed by atoms with van der Waals surface area (Å²) in [5.41, 5.74) is 5.88. The Hall–Kier alpha value is -3.88. The second-order valence-corrected chi connectivity index (χ2v) is 10.6. The summed E-state index contributed by atoms with van der Waals surface area (Å²) in [7, 11) is 1.67. The molecule has 41 heavy (non-hydrogen) atoms. The fourth-order valence-electron chi connectivity index (χ4n) is 6.14. The van der Waals surface area contributed by atoms with Crippen molar-refractivity contribution in [3.8, 4) is 11.5 Å². The molecular weight excluding hydrogens is 520 g/mol. The standard InChI is InChI=1S/C33H38N2O6/c1-4-22-7-6-8-23(5-2)31(22)34-29(36)19-35-18-26(25-13-14-27-28(17-25)41-20-40-27)30(33(37)38)32(35)24-11-9-21(10-12-24)15-16-39-3/h6-14,17,26,30,32H,4-5,15-16,18-20H2,1-3H3,(H,34,36)(H,37,38)/t26-,30-,32+/m1/s1. The molecule has 0 unspecified atom stereocenters. The van der Waals surface area contributed by atoms with Crippen LogP contribution in [0.3, 0.4) is 0 Å². The van der Waals surface area contributed by atoms with Crippen LogP contribution in [0.25, 0.3) is 0 Å². The molecule has 1 amide bonds. The topological polar surface area (TPSA) is 97.3 Å². The van der Waals surface area contributed by atoms with Gasteiger partial charge < -0.3 is 24.6 Å². The zero-order valence-corrected chi connectivity index (χ0v) is 23.9. The van der Waals surface area contributed by atoms with Crippen molar-refractivity contribution < 1.29 is 28.9 Å². The van der Waals surface area contributed by atoms with E-state index in [0.29, 0.717) is 24.7 Å². The lowest BCUT2D eigenvalue weighted by atomic mass is 9.82. The number of hydrogen-bond donors (Lipinski definition) is 2. The van der Waals surface area contributed by atoms with Crippen molar-refractivity contribution in [2.45, 2.75) is 45.1 Å². The third kappa shape index (κ3) is 6.09. The highest BCUT2D eigenvalue weighted by Gasteiger charge is 2.48. The zero-order chi connectivity index (χ0) is 28.9. The minimum absolute atomic E-state index is 0.0716. The van der Waals surface area contributed by atoms with Crippen LogP contribution in [-0.2, 0) is 33.6 Å². The van der Waals surface area contributed by atoms with Gasteiger partial charge in [0.1, 0.15) is 0 Å². The van der Waals surface area contributed by atoms with Gasteiger partial charge in [0.2, 0.25) is 12.7 Å². The number of carbonyl (C=O) groups excluding carboxylic acids is 1. The molecule has 1 fully saturated rings. The molecule has 3 atom stereocenters. The normalized spacial score (nSPS) is 19.8. The number of benzene rings is 3. The van der Waals surface area contributed by atoms with Crippen molar-refractivity contribution in [2.24, 2.45) is 5.92 Å². The number of nitrogens with one attached hydrogen (secondary N) is 1. The van der Waals surface area contributed by atoms with E-state index in [9.17, 15) is 14.7 Å². The summed E-state index contributed by atoms with van der Waals surface area (Å²) < 4.78 is 16.3. The summed E-state index contributed by atoms with van der Waals surface area (Å²) in [6.07, 6.45) is 2.38. The highest BCUT2D eigenvalue weighted by Crippen LogP contribution is 2.47. The number of rotatable bonds is 11. The Bertz CT molecular complexity index is 1370. The minimum Gasteiger partial charge on any atom is -0.481 e. The van der Waals surface area contributed by atoms with Crippen molar-refractivity contribution >= 4 is 17.6 Å². The molecule has 0 spiro atoms. The van der Waals surface area contributed by atoms with Gasteiger partial charge in [0.15, 0.2) is 11.5 Å². The Morgan fingerprint density at radius 1 is 0.976 bits per heavy atom. The van der Waals surface area contributed by atoms with Crippen LogP contribution in [0.4, 0.5) is 5.69 Å². The predicted octanol–water partition coefficient (Wildman–Crippen LogP) is 5.21. The molecule has 0 bridgehead atoms. The van der Waals surface area contributed by atoms with E-state index < -0.39 is 17.9 Å². The predicted molar refractivity (Wildman–Crippen MR) is 157 cm³/mol. The lowest BCUT2D eigenvalue weighted by Gasteiger charge is -2.27. The third-order valence-electron chi connectivity index (χ3n) is 8.23. The van der Waals surface area contributed by atoms with E-state index in [0.717, 1.165) is 52.8 Å². The first kappa shape index (κ1) is 28.6. The fraction of sp³-hybridized carbons (Fsp3) is 0.394. The van der Waals surface area contributed by atoms with E-state index >= 15 is 0 Å². The molecule has 2 heterocycles. The van der Waals surface area contributed by atoms with Gasteiger partial charge in [-0.1, -0.05) is 62.4 Å². The average molecular weight is 559 g/mol. The Balaban J connectivity index is 1.47. The number of ether oxygens (including phenoxy) is 3. The number of amides is 1. The molecule has 2 aliphatic heterocycles. The number of likely N-dealkylation sites (tertiary alicyclic amines) is 1. The molecule has 3 aromatic rings. The van der Waals surface area contributed by atoms with Gasteiger partial charge in [0.05, 0.1) is 19.1 Å². The quantitative estimate of drug-likeness (QED) is 0.334. The van der Waals surface area contributed by atoms with Gasteiger partial charge in [-0.05, 0) is 59.2 Å². The maximum atomic E-state index is 13.6. The van der Waals surface area contributed by atoms with Crippen LogP contribution >= 0.6 is 0 Å². The van der Waals surface area contributed by atoms with Crippen LogP contribution in [0.5, 0.6) is 11.5 Å². The molecule has 0 aliphatic carbocycles. The number of nitrogens with zero attached hydrogens (tertiary/aromatic N) is 1. The lowest BCUT2D eigenvalue weighted by Crippen LogP contribution is -2.35. The summed E-state index contributed by atoms with van der Waals surface area (Å²) in [6, 6.07) is 19.2. The minimum atomic E-state index is -0.895. The van der Waals surface area contributed by atoms with Crippen LogP contribution in [-0.4, -0.2) is 55.5 Å². The number of carbonyl (C=O) groups is 2. The number of anilines is 1. The summed E-state index contributed by atoms with van der Waals surface area (Å²) in [5.74, 6) is -0.889. The monoisotopic (exact) mass is 558 g/mol. The summed E-state index contributed by atoms with van der Waals surface area (Å²) in [5, 5.41) is 13.7. The van der Waals surface area contributed by atoms with Crippen LogP contribution in [0.2, 0.25) is 0 Å². The van der Waals surface area contributed by atoms with Crippen molar-refractivity contribution in [1.29, 1.82) is 0 Å². The fourth-order valence-corrected chi connectivity index (χ4v) is 6.14. The van der Waals surface area contributed by atoms with Crippen LogP contribution < -0.4 is 14.8 Å². The molecular formula is C33H38N2O6. The highest BCUT2D eigenvalue weighted by atomic mass is 16.7. The molecule has 0 aromatic heterocycles. The van der Waals surface area contributed by atoms with Crippen LogP contribution in [0.1, 0.15) is 53.6 Å². The molecule has 3 aromatic carbocycles. The van der Waals surface area contributed by atoms with Gasteiger partial charge in [-0.3, -0.25) is 14.5 Å². The summed E-state index contributed by atoms with van der Waals surface area (Å²) >= 11 is 0. The Morgan fingerprint density at radius 2 is 1.66 bits per heavy atom. The SMILES string of the molecule is CCc1cccc(CC)c1NC(=O)CN1C[C@H](c2ccc3c(c2)OCO3)[C@@H](C(=O)O)[C@@H]1c1ccc(CCOC)cc1. The van der Waals surface area contributed by atoms with Crippen molar-refractivity contribution in [3.05, 3.63) is 88.5 Å². The number of aliphatic carboxylic acids is 1. The third-order valence-corrected chi connectivity index (χ3v) is 8.23. The van der Waals surface area contributed by atoms with Crippen molar-refractivity contribution in [3.63, 3.8) is 0 Å². The number of hydrogen-bond acceptors (Lipinski definition) is 6. The van der Waals surface area contributed by atoms with Gasteiger partial charge in [-0.15, -0.1) is 0 Å². The van der Waals surface area contributed by atoms with Crippen molar-refractivity contribution in [1.82, 2.24) is 4.90 Å². The van der Waals surface area contributed by atoms with E-state index in [2.05, 4.69) is 19.2 Å². The number of para-hydroxylation sites is 1. The molecule has 8 heteroatoms. The number of aryl methyl sites for hydroxylation is 2. The van der Waals surface area contributed by atoms with Crippen LogP contribution in [0, 0.1) is 5.92 Å². The molecule has 1 saturated heterocycles. The molecule has 0 radical (unpaired) electrons. The van der Waals surface area contributed by atoms with E-state index in [4.69, 9.17) is 14.2 Å². The zero-order valence-electron chi connectivity index (χ0n) is 23.9. The van der Waals surface area contributed by atoms with E-state index in [-0.39, 0.29) is 25.2 Å². The second-order valence-electron chi connectivity index (χ2n) is 10.6. The summed E-state index contributed by atoms with van der Waals surface area (Å²) in [4.78, 5) is 28.5. The Kier molecular flexibility index (Phi) is 8.90. The lowest BCUT2D eigenvalue weighted by molar-refractivity contribution is -0.143. The Labute approximate surface area is 241 Å². The average Bonchev–Trinajstić information content (AvgIpc) is 3.61. The maximum absolute atomic E-state index is 13.6. The van der Waals surface area contributed by atoms with Crippen molar-refractivity contribution in [2.75, 3.05) is 38.9 Å². The molecule has 0 saturated carbocycles. The highest BCUT2D eigenvalue weighted by molar-refractivity contribution is 5.94. The summed E-state index contributed by atoms with van der Waals surface area (Å²) in [6.45, 7) is 5.39. The largest absolute Gasteiger partial charge is 0.481 e. The number of fused-ring (bicyclic) bond motifs is 1. The number of carboxylic acid groups (broad SMARTS) is 1. The van der Waals surface area contributed by atoms with Gasteiger partial charge in [0.25, 0.3) is 0 Å². The first-order chi connectivity index (χ1) is 19.9. The molecule has 216 valence electrons. The molecule has 5 rings (SSSR count). The second kappa shape index (κ2) is 12.7. The first-order valence-electron chi connectivity index (χ1n) is 14.3. The van der Waals surface area contributed by atoms with E-state index in [1.54, 1.807) is 7.11 Å². The van der Waals surface area contributed by atoms with Gasteiger partial charge in [-0.2, -0.15) is 0 Å². The van der Waals surface area contributed by atoms with Gasteiger partial charge >= 0.3 is 5.97 Å². The maximum Gasteiger partial charge on any atom is 0.309 e.